The minimum absolute atomic E-state index is 0.0209. The van der Waals surface area contributed by atoms with Crippen molar-refractivity contribution in [1.82, 2.24) is 10.2 Å². The average Bonchev–Trinajstić information content (AvgIpc) is 3.43. The van der Waals surface area contributed by atoms with Crippen LogP contribution in [0.1, 0.15) is 49.1 Å². The molecule has 0 heterocycles. The molecule has 0 aliphatic heterocycles. The maximum atomic E-state index is 13.1. The molecule has 0 saturated heterocycles. The summed E-state index contributed by atoms with van der Waals surface area (Å²) in [6, 6.07) is 16.3. The van der Waals surface area contributed by atoms with E-state index < -0.39 is 17.5 Å². The first-order valence-electron chi connectivity index (χ1n) is 11.5. The van der Waals surface area contributed by atoms with E-state index >= 15 is 0 Å². The lowest BCUT2D eigenvalue weighted by atomic mass is 9.84. The van der Waals surface area contributed by atoms with Crippen molar-refractivity contribution >= 4 is 18.0 Å². The van der Waals surface area contributed by atoms with E-state index in [0.29, 0.717) is 12.8 Å². The minimum Gasteiger partial charge on any atom is -0.481 e. The van der Waals surface area contributed by atoms with E-state index in [1.54, 1.807) is 7.05 Å². The summed E-state index contributed by atoms with van der Waals surface area (Å²) < 4.78 is 5.61. The molecule has 2 aromatic rings. The number of amides is 2. The zero-order valence-electron chi connectivity index (χ0n) is 18.9. The van der Waals surface area contributed by atoms with E-state index in [1.165, 1.54) is 16.0 Å². The number of rotatable bonds is 8. The van der Waals surface area contributed by atoms with Crippen molar-refractivity contribution in [2.24, 2.45) is 5.41 Å². The molecule has 0 atom stereocenters. The van der Waals surface area contributed by atoms with Gasteiger partial charge in [0.25, 0.3) is 0 Å². The van der Waals surface area contributed by atoms with E-state index in [2.05, 4.69) is 29.6 Å². The standard InChI is InChI=1S/C26H30N2O5/c1-28(15-12-23(29)30)24(31)26(13-6-7-14-26)17-27-25(32)33-16-22-20-10-4-2-8-18(20)19-9-3-5-11-21(19)22/h2-5,8-11,22H,6-7,12-17H2,1H3,(H,27,32)(H,29,30). The van der Waals surface area contributed by atoms with Crippen LogP contribution in [0, 0.1) is 5.41 Å². The number of carbonyl (C=O) groups is 3. The van der Waals surface area contributed by atoms with Crippen molar-refractivity contribution in [1.29, 1.82) is 0 Å². The molecule has 2 aliphatic carbocycles. The van der Waals surface area contributed by atoms with E-state index in [4.69, 9.17) is 9.84 Å². The Morgan fingerprint density at radius 1 is 1.03 bits per heavy atom. The van der Waals surface area contributed by atoms with Gasteiger partial charge in [0.2, 0.25) is 5.91 Å². The van der Waals surface area contributed by atoms with Crippen LogP contribution >= 0.6 is 0 Å². The maximum Gasteiger partial charge on any atom is 0.407 e. The fraction of sp³-hybridized carbons (Fsp3) is 0.423. The molecule has 2 aliphatic rings. The topological polar surface area (TPSA) is 95.9 Å². The Hall–Kier alpha value is -3.35. The van der Waals surface area contributed by atoms with Gasteiger partial charge >= 0.3 is 12.1 Å². The van der Waals surface area contributed by atoms with Crippen LogP contribution in [0.2, 0.25) is 0 Å². The van der Waals surface area contributed by atoms with E-state index in [1.807, 2.05) is 24.3 Å². The van der Waals surface area contributed by atoms with Crippen LogP contribution in [-0.2, 0) is 14.3 Å². The van der Waals surface area contributed by atoms with Crippen molar-refractivity contribution in [3.05, 3.63) is 59.7 Å². The highest BCUT2D eigenvalue weighted by atomic mass is 16.5. The van der Waals surface area contributed by atoms with Gasteiger partial charge in [-0.05, 0) is 35.1 Å². The highest BCUT2D eigenvalue weighted by molar-refractivity contribution is 5.84. The summed E-state index contributed by atoms with van der Waals surface area (Å²) in [5.41, 5.74) is 3.94. The normalized spacial score (nSPS) is 16.0. The number of carbonyl (C=O) groups excluding carboxylic acids is 2. The molecule has 7 heteroatoms. The van der Waals surface area contributed by atoms with Gasteiger partial charge in [0, 0.05) is 26.1 Å². The van der Waals surface area contributed by atoms with Crippen LogP contribution < -0.4 is 5.32 Å². The highest BCUT2D eigenvalue weighted by Crippen LogP contribution is 2.44. The number of nitrogens with one attached hydrogen (secondary N) is 1. The van der Waals surface area contributed by atoms with Gasteiger partial charge in [-0.15, -0.1) is 0 Å². The van der Waals surface area contributed by atoms with Gasteiger partial charge in [0.15, 0.2) is 0 Å². The summed E-state index contributed by atoms with van der Waals surface area (Å²) in [5, 5.41) is 11.7. The molecule has 0 spiro atoms. The van der Waals surface area contributed by atoms with Gasteiger partial charge in [-0.2, -0.15) is 0 Å². The second kappa shape index (κ2) is 9.65. The number of alkyl carbamates (subject to hydrolysis) is 1. The molecule has 7 nitrogen and oxygen atoms in total. The van der Waals surface area contributed by atoms with Gasteiger partial charge in [-0.25, -0.2) is 4.79 Å². The van der Waals surface area contributed by atoms with Crippen LogP contribution in [0.4, 0.5) is 4.79 Å². The van der Waals surface area contributed by atoms with Gasteiger partial charge in [0.1, 0.15) is 6.61 Å². The molecule has 1 fully saturated rings. The molecular weight excluding hydrogens is 420 g/mol. The monoisotopic (exact) mass is 450 g/mol. The third-order valence-corrected chi connectivity index (χ3v) is 6.94. The van der Waals surface area contributed by atoms with Gasteiger partial charge < -0.3 is 20.1 Å². The maximum absolute atomic E-state index is 13.1. The van der Waals surface area contributed by atoms with Gasteiger partial charge in [-0.1, -0.05) is 61.4 Å². The van der Waals surface area contributed by atoms with Crippen LogP contribution in [-0.4, -0.2) is 54.7 Å². The van der Waals surface area contributed by atoms with Crippen molar-refractivity contribution in [3.8, 4) is 11.1 Å². The minimum atomic E-state index is -0.938. The predicted octanol–water partition coefficient (Wildman–Crippen LogP) is 4.02. The fourth-order valence-corrected chi connectivity index (χ4v) is 5.18. The van der Waals surface area contributed by atoms with Crippen LogP contribution in [0.3, 0.4) is 0 Å². The van der Waals surface area contributed by atoms with Crippen molar-refractivity contribution < 1.29 is 24.2 Å². The smallest absolute Gasteiger partial charge is 0.407 e. The number of nitrogens with zero attached hydrogens (tertiary/aromatic N) is 1. The van der Waals surface area contributed by atoms with Crippen molar-refractivity contribution in [3.63, 3.8) is 0 Å². The number of ether oxygens (including phenoxy) is 1. The first-order chi connectivity index (χ1) is 15.9. The summed E-state index contributed by atoms with van der Waals surface area (Å²) in [4.78, 5) is 38.0. The molecule has 0 unspecified atom stereocenters. The number of hydrogen-bond donors (Lipinski definition) is 2. The number of hydrogen-bond acceptors (Lipinski definition) is 4. The number of carboxylic acids is 1. The molecule has 4 rings (SSSR count). The Bertz CT molecular complexity index is 999. The molecule has 0 radical (unpaired) electrons. The van der Waals surface area contributed by atoms with Crippen LogP contribution in [0.25, 0.3) is 11.1 Å². The first-order valence-corrected chi connectivity index (χ1v) is 11.5. The molecule has 2 amide bonds. The van der Waals surface area contributed by atoms with Crippen LogP contribution in [0.5, 0.6) is 0 Å². The SMILES string of the molecule is CN(CCC(=O)O)C(=O)C1(CNC(=O)OCC2c3ccccc3-c3ccccc32)CCCC1. The highest BCUT2D eigenvalue weighted by Gasteiger charge is 2.43. The Kier molecular flexibility index (Phi) is 6.67. The fourth-order valence-electron chi connectivity index (χ4n) is 5.18. The van der Waals surface area contributed by atoms with E-state index in [0.717, 1.165) is 24.0 Å². The lowest BCUT2D eigenvalue weighted by Crippen LogP contribution is -2.48. The number of benzene rings is 2. The Morgan fingerprint density at radius 3 is 2.18 bits per heavy atom. The summed E-state index contributed by atoms with van der Waals surface area (Å²) in [5.74, 6) is -1.07. The summed E-state index contributed by atoms with van der Waals surface area (Å²) in [7, 11) is 1.62. The quantitative estimate of drug-likeness (QED) is 0.633. The molecule has 2 N–H and O–H groups in total. The zero-order chi connectivity index (χ0) is 23.4. The Labute approximate surface area is 193 Å². The predicted molar refractivity (Wildman–Crippen MR) is 124 cm³/mol. The third kappa shape index (κ3) is 4.72. The zero-order valence-corrected chi connectivity index (χ0v) is 18.9. The van der Waals surface area contributed by atoms with Crippen molar-refractivity contribution in [2.75, 3.05) is 26.7 Å². The van der Waals surface area contributed by atoms with Crippen LogP contribution in [0.15, 0.2) is 48.5 Å². The number of carboxylic acid groups (broad SMARTS) is 1. The Balaban J connectivity index is 1.37. The molecule has 0 aromatic heterocycles. The average molecular weight is 451 g/mol. The Morgan fingerprint density at radius 2 is 1.61 bits per heavy atom. The first kappa shape index (κ1) is 22.8. The lowest BCUT2D eigenvalue weighted by Gasteiger charge is -2.32. The number of fused-ring (bicyclic) bond motifs is 3. The summed E-state index contributed by atoms with van der Waals surface area (Å²) >= 11 is 0. The molecule has 2 aromatic carbocycles. The van der Waals surface area contributed by atoms with Gasteiger partial charge in [-0.3, -0.25) is 9.59 Å². The lowest BCUT2D eigenvalue weighted by molar-refractivity contribution is -0.142. The molecule has 174 valence electrons. The second-order valence-electron chi connectivity index (χ2n) is 9.04. The molecule has 1 saturated carbocycles. The third-order valence-electron chi connectivity index (χ3n) is 6.94. The summed E-state index contributed by atoms with van der Waals surface area (Å²) in [6.07, 6.45) is 2.53. The summed E-state index contributed by atoms with van der Waals surface area (Å²) in [6.45, 7) is 0.570. The van der Waals surface area contributed by atoms with Gasteiger partial charge in [0.05, 0.1) is 11.8 Å². The van der Waals surface area contributed by atoms with E-state index in [9.17, 15) is 14.4 Å². The number of aliphatic carboxylic acids is 1. The largest absolute Gasteiger partial charge is 0.481 e. The molecule has 0 bridgehead atoms. The van der Waals surface area contributed by atoms with Crippen molar-refractivity contribution in [2.45, 2.75) is 38.0 Å². The molecular formula is C26H30N2O5. The second-order valence-corrected chi connectivity index (χ2v) is 9.04. The van der Waals surface area contributed by atoms with E-state index in [-0.39, 0.29) is 37.9 Å². The molecule has 33 heavy (non-hydrogen) atoms.